The predicted octanol–water partition coefficient (Wildman–Crippen LogP) is 4.49. The summed E-state index contributed by atoms with van der Waals surface area (Å²) in [5, 5.41) is 4.25. The second-order valence-electron chi connectivity index (χ2n) is 8.27. The molecule has 0 aliphatic carbocycles. The lowest BCUT2D eigenvalue weighted by Crippen LogP contribution is -2.40. The van der Waals surface area contributed by atoms with Crippen LogP contribution >= 0.6 is 0 Å². The molecule has 3 rings (SSSR count). The molecule has 1 amide bonds. The maximum atomic E-state index is 14.6. The number of rotatable bonds is 8. The van der Waals surface area contributed by atoms with E-state index in [1.54, 1.807) is 18.2 Å². The number of benzene rings is 1. The molecule has 0 spiro atoms. The van der Waals surface area contributed by atoms with E-state index in [-0.39, 0.29) is 23.7 Å². The van der Waals surface area contributed by atoms with Crippen LogP contribution in [0.3, 0.4) is 0 Å². The van der Waals surface area contributed by atoms with Crippen LogP contribution in [-0.4, -0.2) is 48.3 Å². The third-order valence-electron chi connectivity index (χ3n) is 5.55. The highest BCUT2D eigenvalue weighted by molar-refractivity contribution is 5.78. The van der Waals surface area contributed by atoms with E-state index in [2.05, 4.69) is 17.0 Å². The zero-order chi connectivity index (χ0) is 21.7. The lowest BCUT2D eigenvalue weighted by atomic mass is 10.0. The van der Waals surface area contributed by atoms with E-state index >= 15 is 0 Å². The molecule has 1 saturated heterocycles. The number of anilines is 1. The average molecular weight is 418 g/mol. The molecule has 1 aromatic heterocycles. The number of carbonyl (C=O) groups excluding carboxylic acids is 1. The fourth-order valence-corrected chi connectivity index (χ4v) is 3.67. The van der Waals surface area contributed by atoms with Gasteiger partial charge >= 0.3 is 0 Å². The van der Waals surface area contributed by atoms with Gasteiger partial charge in [-0.05, 0) is 31.4 Å². The van der Waals surface area contributed by atoms with Crippen molar-refractivity contribution in [3.63, 3.8) is 0 Å². The normalized spacial score (nSPS) is 15.5. The standard InChI is InChI=1S/C23H32FN3O3/c1-5-17(4)27(21(28)14-16(2)3)15-19-22(18-8-6-7-9-20(18)24)25-30-23(19)26-10-12-29-13-11-26/h6-9,16-17H,5,10-15H2,1-4H3. The van der Waals surface area contributed by atoms with Gasteiger partial charge in [0.2, 0.25) is 11.8 Å². The van der Waals surface area contributed by atoms with Crippen LogP contribution in [0.1, 0.15) is 46.1 Å². The Morgan fingerprint density at radius 3 is 2.57 bits per heavy atom. The fraction of sp³-hybridized carbons (Fsp3) is 0.565. The van der Waals surface area contributed by atoms with Crippen LogP contribution in [0.15, 0.2) is 28.8 Å². The first-order valence-corrected chi connectivity index (χ1v) is 10.8. The van der Waals surface area contributed by atoms with Crippen LogP contribution in [0.25, 0.3) is 11.3 Å². The Morgan fingerprint density at radius 1 is 1.23 bits per heavy atom. The van der Waals surface area contributed by atoms with Crippen LogP contribution in [0.2, 0.25) is 0 Å². The molecule has 0 radical (unpaired) electrons. The van der Waals surface area contributed by atoms with Gasteiger partial charge in [0.05, 0.1) is 25.3 Å². The van der Waals surface area contributed by atoms with Crippen molar-refractivity contribution in [2.75, 3.05) is 31.2 Å². The molecule has 0 bridgehead atoms. The Kier molecular flexibility index (Phi) is 7.48. The first-order valence-electron chi connectivity index (χ1n) is 10.8. The molecule has 6 nitrogen and oxygen atoms in total. The van der Waals surface area contributed by atoms with Gasteiger partial charge in [-0.3, -0.25) is 4.79 Å². The van der Waals surface area contributed by atoms with Gasteiger partial charge in [-0.25, -0.2) is 4.39 Å². The summed E-state index contributed by atoms with van der Waals surface area (Å²) in [6.07, 6.45) is 1.30. The molecular formula is C23H32FN3O3. The predicted molar refractivity (Wildman–Crippen MR) is 115 cm³/mol. The van der Waals surface area contributed by atoms with Gasteiger partial charge in [-0.2, -0.15) is 0 Å². The second-order valence-corrected chi connectivity index (χ2v) is 8.27. The molecule has 0 saturated carbocycles. The Bertz CT molecular complexity index is 846. The zero-order valence-corrected chi connectivity index (χ0v) is 18.4. The summed E-state index contributed by atoms with van der Waals surface area (Å²) in [6, 6.07) is 6.60. The summed E-state index contributed by atoms with van der Waals surface area (Å²) in [4.78, 5) is 17.0. The van der Waals surface area contributed by atoms with Crippen molar-refractivity contribution in [1.82, 2.24) is 10.1 Å². The Hall–Kier alpha value is -2.41. The van der Waals surface area contributed by atoms with E-state index in [0.717, 1.165) is 12.0 Å². The molecule has 2 aromatic rings. The van der Waals surface area contributed by atoms with Crippen LogP contribution in [0, 0.1) is 11.7 Å². The van der Waals surface area contributed by atoms with Crippen LogP contribution in [0.5, 0.6) is 0 Å². The van der Waals surface area contributed by atoms with E-state index in [1.165, 1.54) is 6.07 Å². The minimum atomic E-state index is -0.357. The molecule has 1 fully saturated rings. The quantitative estimate of drug-likeness (QED) is 0.633. The molecule has 1 atom stereocenters. The maximum Gasteiger partial charge on any atom is 0.233 e. The number of hydrogen-bond donors (Lipinski definition) is 0. The summed E-state index contributed by atoms with van der Waals surface area (Å²) < 4.78 is 25.8. The van der Waals surface area contributed by atoms with E-state index in [0.29, 0.717) is 56.4 Å². The molecule has 0 N–H and O–H groups in total. The van der Waals surface area contributed by atoms with Crippen LogP contribution in [-0.2, 0) is 16.1 Å². The Labute approximate surface area is 178 Å². The number of halogens is 1. The number of carbonyl (C=O) groups is 1. The molecule has 1 unspecified atom stereocenters. The SMILES string of the molecule is CCC(C)N(Cc1c(-c2ccccc2F)noc1N1CCOCC1)C(=O)CC(C)C. The number of morpholine rings is 1. The number of aromatic nitrogens is 1. The van der Waals surface area contributed by atoms with E-state index in [1.807, 2.05) is 25.7 Å². The van der Waals surface area contributed by atoms with E-state index in [4.69, 9.17) is 9.26 Å². The Balaban J connectivity index is 2.03. The number of nitrogens with zero attached hydrogens (tertiary/aromatic N) is 3. The van der Waals surface area contributed by atoms with E-state index < -0.39 is 0 Å². The van der Waals surface area contributed by atoms with Gasteiger partial charge < -0.3 is 19.1 Å². The molecule has 30 heavy (non-hydrogen) atoms. The van der Waals surface area contributed by atoms with Crippen molar-refractivity contribution in [2.45, 2.75) is 53.1 Å². The summed E-state index contributed by atoms with van der Waals surface area (Å²) in [5.41, 5.74) is 1.59. The van der Waals surface area contributed by atoms with Gasteiger partial charge in [0.15, 0.2) is 0 Å². The largest absolute Gasteiger partial charge is 0.378 e. The topological polar surface area (TPSA) is 58.8 Å². The van der Waals surface area contributed by atoms with Gasteiger partial charge in [-0.1, -0.05) is 38.1 Å². The molecule has 2 heterocycles. The highest BCUT2D eigenvalue weighted by Gasteiger charge is 2.29. The lowest BCUT2D eigenvalue weighted by molar-refractivity contribution is -0.134. The van der Waals surface area contributed by atoms with Gasteiger partial charge in [0, 0.05) is 31.1 Å². The molecular weight excluding hydrogens is 385 g/mol. The number of hydrogen-bond acceptors (Lipinski definition) is 5. The minimum Gasteiger partial charge on any atom is -0.378 e. The Morgan fingerprint density at radius 2 is 1.93 bits per heavy atom. The summed E-state index contributed by atoms with van der Waals surface area (Å²) in [5.74, 6) is 0.593. The smallest absolute Gasteiger partial charge is 0.233 e. The minimum absolute atomic E-state index is 0.0529. The highest BCUT2D eigenvalue weighted by atomic mass is 19.1. The van der Waals surface area contributed by atoms with Crippen molar-refractivity contribution < 1.29 is 18.4 Å². The molecule has 1 aliphatic heterocycles. The number of ether oxygens (including phenoxy) is 1. The molecule has 7 heteroatoms. The van der Waals surface area contributed by atoms with Crippen molar-refractivity contribution >= 4 is 11.8 Å². The maximum absolute atomic E-state index is 14.6. The average Bonchev–Trinajstić information content (AvgIpc) is 3.15. The molecule has 1 aromatic carbocycles. The zero-order valence-electron chi connectivity index (χ0n) is 18.4. The van der Waals surface area contributed by atoms with Gasteiger partial charge in [-0.15, -0.1) is 0 Å². The van der Waals surface area contributed by atoms with Crippen molar-refractivity contribution in [3.05, 3.63) is 35.6 Å². The van der Waals surface area contributed by atoms with Crippen LogP contribution < -0.4 is 4.90 Å². The van der Waals surface area contributed by atoms with E-state index in [9.17, 15) is 9.18 Å². The van der Waals surface area contributed by atoms with Crippen molar-refractivity contribution in [1.29, 1.82) is 0 Å². The second kappa shape index (κ2) is 10.1. The van der Waals surface area contributed by atoms with Crippen molar-refractivity contribution in [3.8, 4) is 11.3 Å². The first-order chi connectivity index (χ1) is 14.4. The number of amides is 1. The summed E-state index contributed by atoms with van der Waals surface area (Å²) in [6.45, 7) is 11.0. The first kappa shape index (κ1) is 22.3. The summed E-state index contributed by atoms with van der Waals surface area (Å²) >= 11 is 0. The third kappa shape index (κ3) is 5.01. The molecule has 164 valence electrons. The lowest BCUT2D eigenvalue weighted by Gasteiger charge is -2.31. The summed E-state index contributed by atoms with van der Waals surface area (Å²) in [7, 11) is 0. The van der Waals surface area contributed by atoms with Gasteiger partial charge in [0.25, 0.3) is 0 Å². The van der Waals surface area contributed by atoms with Gasteiger partial charge in [0.1, 0.15) is 11.5 Å². The van der Waals surface area contributed by atoms with Crippen molar-refractivity contribution in [2.24, 2.45) is 5.92 Å². The third-order valence-corrected chi connectivity index (χ3v) is 5.55. The molecule has 1 aliphatic rings. The van der Waals surface area contributed by atoms with Crippen LogP contribution in [0.4, 0.5) is 10.3 Å². The fourth-order valence-electron chi connectivity index (χ4n) is 3.67. The monoisotopic (exact) mass is 417 g/mol. The highest BCUT2D eigenvalue weighted by Crippen LogP contribution is 2.35.